The van der Waals surface area contributed by atoms with Crippen LogP contribution >= 0.6 is 0 Å². The number of carbonyl (C=O) groups excluding carboxylic acids is 2. The smallest absolute Gasteiger partial charge is 0.178 e. The SMILES string of the molecule is CC12C=CC(=O)C=C1CC[C@@H]1[C@@H]2C(=O)C[C@@]2(C)[C@H]1CCC21OCCO1. The first-order chi connectivity index (χ1) is 11.9. The second-order valence-electron chi connectivity index (χ2n) is 9.02. The molecule has 134 valence electrons. The van der Waals surface area contributed by atoms with Gasteiger partial charge in [0.15, 0.2) is 11.6 Å². The number of hydrogen-bond donors (Lipinski definition) is 0. The Morgan fingerprint density at radius 2 is 1.88 bits per heavy atom. The van der Waals surface area contributed by atoms with E-state index in [1.165, 1.54) is 0 Å². The van der Waals surface area contributed by atoms with Crippen LogP contribution in [-0.4, -0.2) is 30.6 Å². The van der Waals surface area contributed by atoms with Crippen LogP contribution < -0.4 is 0 Å². The third kappa shape index (κ3) is 1.85. The summed E-state index contributed by atoms with van der Waals surface area (Å²) in [6, 6.07) is 0. The molecule has 0 bridgehead atoms. The molecule has 4 heteroatoms. The third-order valence-electron chi connectivity index (χ3n) is 8.06. The van der Waals surface area contributed by atoms with Crippen molar-refractivity contribution in [1.82, 2.24) is 0 Å². The van der Waals surface area contributed by atoms with Crippen molar-refractivity contribution in [3.8, 4) is 0 Å². The van der Waals surface area contributed by atoms with Gasteiger partial charge in [0.25, 0.3) is 0 Å². The van der Waals surface area contributed by atoms with Crippen LogP contribution in [0.5, 0.6) is 0 Å². The van der Waals surface area contributed by atoms with E-state index in [-0.39, 0.29) is 22.5 Å². The molecule has 0 aromatic rings. The van der Waals surface area contributed by atoms with Crippen LogP contribution in [0.25, 0.3) is 0 Å². The highest BCUT2D eigenvalue weighted by molar-refractivity contribution is 6.01. The van der Waals surface area contributed by atoms with E-state index < -0.39 is 5.79 Å². The van der Waals surface area contributed by atoms with E-state index in [4.69, 9.17) is 9.47 Å². The summed E-state index contributed by atoms with van der Waals surface area (Å²) < 4.78 is 12.2. The number of allylic oxidation sites excluding steroid dienone is 4. The van der Waals surface area contributed by atoms with Gasteiger partial charge in [-0.15, -0.1) is 0 Å². The van der Waals surface area contributed by atoms with Crippen molar-refractivity contribution in [2.24, 2.45) is 28.6 Å². The molecule has 1 spiro atoms. The lowest BCUT2D eigenvalue weighted by molar-refractivity contribution is -0.238. The summed E-state index contributed by atoms with van der Waals surface area (Å²) >= 11 is 0. The Morgan fingerprint density at radius 3 is 2.64 bits per heavy atom. The summed E-state index contributed by atoms with van der Waals surface area (Å²) in [5.74, 6) is 0.652. The van der Waals surface area contributed by atoms with E-state index in [2.05, 4.69) is 13.8 Å². The van der Waals surface area contributed by atoms with Crippen LogP contribution in [0.3, 0.4) is 0 Å². The molecule has 1 unspecified atom stereocenters. The highest BCUT2D eigenvalue weighted by atomic mass is 16.7. The van der Waals surface area contributed by atoms with Crippen molar-refractivity contribution >= 4 is 11.6 Å². The van der Waals surface area contributed by atoms with Crippen molar-refractivity contribution in [3.05, 3.63) is 23.8 Å². The fourth-order valence-corrected chi connectivity index (χ4v) is 6.91. The van der Waals surface area contributed by atoms with Gasteiger partial charge >= 0.3 is 0 Å². The van der Waals surface area contributed by atoms with Gasteiger partial charge in [0.2, 0.25) is 0 Å². The molecule has 0 amide bonds. The zero-order valence-electron chi connectivity index (χ0n) is 15.0. The molecule has 0 aromatic heterocycles. The maximum Gasteiger partial charge on any atom is 0.178 e. The molecule has 25 heavy (non-hydrogen) atoms. The summed E-state index contributed by atoms with van der Waals surface area (Å²) in [6.45, 7) is 5.66. The lowest BCUT2D eigenvalue weighted by atomic mass is 9.47. The minimum atomic E-state index is -0.548. The number of ketones is 2. The number of Topliss-reactive ketones (excluding diaryl/α,β-unsaturated/α-hetero) is 1. The van der Waals surface area contributed by atoms with Crippen molar-refractivity contribution in [2.45, 2.75) is 51.7 Å². The molecular formula is C21H26O4. The second kappa shape index (κ2) is 4.92. The minimum Gasteiger partial charge on any atom is -0.347 e. The molecular weight excluding hydrogens is 316 g/mol. The first kappa shape index (κ1) is 16.0. The third-order valence-corrected chi connectivity index (χ3v) is 8.06. The average Bonchev–Trinajstić information content (AvgIpc) is 3.15. The van der Waals surface area contributed by atoms with Gasteiger partial charge in [-0.25, -0.2) is 0 Å². The highest BCUT2D eigenvalue weighted by Crippen LogP contribution is 2.67. The number of carbonyl (C=O) groups is 2. The Labute approximate surface area is 148 Å². The Bertz CT molecular complexity index is 713. The molecule has 1 heterocycles. The summed E-state index contributed by atoms with van der Waals surface area (Å²) in [7, 11) is 0. The van der Waals surface area contributed by atoms with Crippen LogP contribution in [0.1, 0.15) is 46.0 Å². The number of hydrogen-bond acceptors (Lipinski definition) is 4. The van der Waals surface area contributed by atoms with E-state index >= 15 is 0 Å². The Morgan fingerprint density at radius 1 is 1.12 bits per heavy atom. The van der Waals surface area contributed by atoms with Gasteiger partial charge < -0.3 is 9.47 Å². The fraction of sp³-hybridized carbons (Fsp3) is 0.714. The van der Waals surface area contributed by atoms with E-state index in [1.54, 1.807) is 12.2 Å². The van der Waals surface area contributed by atoms with Gasteiger partial charge in [-0.1, -0.05) is 25.5 Å². The van der Waals surface area contributed by atoms with Gasteiger partial charge in [-0.3, -0.25) is 9.59 Å². The van der Waals surface area contributed by atoms with Crippen LogP contribution in [0.2, 0.25) is 0 Å². The summed E-state index contributed by atoms with van der Waals surface area (Å²) in [5.41, 5.74) is 0.648. The molecule has 0 N–H and O–H groups in total. The quantitative estimate of drug-likeness (QED) is 0.678. The van der Waals surface area contributed by atoms with Gasteiger partial charge in [-0.05, 0) is 43.3 Å². The standard InChI is InChI=1S/C21H26O4/c1-19-7-5-14(22)11-13(19)3-4-15-16-6-8-21(24-9-10-25-21)20(16,2)12-17(23)18(15)19/h5,7,11,15-16,18H,3-4,6,8-10,12H2,1-2H3/t15-,16-,18+,19?,20-/m0/s1. The molecule has 5 rings (SSSR count). The zero-order chi connectivity index (χ0) is 17.4. The van der Waals surface area contributed by atoms with Gasteiger partial charge in [0.05, 0.1) is 13.2 Å². The fourth-order valence-electron chi connectivity index (χ4n) is 6.91. The van der Waals surface area contributed by atoms with Crippen LogP contribution in [0.15, 0.2) is 23.8 Å². The van der Waals surface area contributed by atoms with Gasteiger partial charge in [0, 0.05) is 29.6 Å². The van der Waals surface area contributed by atoms with Crippen LogP contribution in [-0.2, 0) is 19.1 Å². The average molecular weight is 342 g/mol. The maximum atomic E-state index is 13.4. The number of rotatable bonds is 0. The molecule has 4 fully saturated rings. The van der Waals surface area contributed by atoms with Crippen molar-refractivity contribution < 1.29 is 19.1 Å². The number of fused-ring (bicyclic) bond motifs is 6. The molecule has 1 aliphatic heterocycles. The highest BCUT2D eigenvalue weighted by Gasteiger charge is 2.68. The lowest BCUT2D eigenvalue weighted by Gasteiger charge is -2.56. The second-order valence-corrected chi connectivity index (χ2v) is 9.02. The van der Waals surface area contributed by atoms with Gasteiger partial charge in [-0.2, -0.15) is 0 Å². The zero-order valence-corrected chi connectivity index (χ0v) is 15.0. The van der Waals surface area contributed by atoms with Crippen LogP contribution in [0, 0.1) is 28.6 Å². The van der Waals surface area contributed by atoms with E-state index in [0.29, 0.717) is 37.3 Å². The summed E-state index contributed by atoms with van der Waals surface area (Å²) in [4.78, 5) is 25.2. The Balaban J connectivity index is 1.56. The minimum absolute atomic E-state index is 0.00789. The molecule has 5 atom stereocenters. The normalized spacial score (nSPS) is 47.4. The van der Waals surface area contributed by atoms with E-state index in [0.717, 1.165) is 31.3 Å². The summed E-state index contributed by atoms with van der Waals surface area (Å²) in [5, 5.41) is 0. The Hall–Kier alpha value is -1.26. The lowest BCUT2D eigenvalue weighted by Crippen LogP contribution is -2.58. The molecule has 4 aliphatic carbocycles. The predicted molar refractivity (Wildman–Crippen MR) is 91.6 cm³/mol. The topological polar surface area (TPSA) is 52.6 Å². The molecule has 0 aromatic carbocycles. The molecule has 5 aliphatic rings. The van der Waals surface area contributed by atoms with Crippen LogP contribution in [0.4, 0.5) is 0 Å². The molecule has 4 nitrogen and oxygen atoms in total. The number of ether oxygens (including phenoxy) is 2. The van der Waals surface area contributed by atoms with Crippen molar-refractivity contribution in [3.63, 3.8) is 0 Å². The van der Waals surface area contributed by atoms with E-state index in [9.17, 15) is 9.59 Å². The molecule has 1 saturated heterocycles. The predicted octanol–water partition coefficient (Wildman–Crippen LogP) is 3.22. The first-order valence-corrected chi connectivity index (χ1v) is 9.65. The van der Waals surface area contributed by atoms with Gasteiger partial charge in [0.1, 0.15) is 5.78 Å². The largest absolute Gasteiger partial charge is 0.347 e. The monoisotopic (exact) mass is 342 g/mol. The van der Waals surface area contributed by atoms with E-state index in [1.807, 2.05) is 6.08 Å². The Kier molecular flexibility index (Phi) is 3.14. The molecule has 3 saturated carbocycles. The maximum absolute atomic E-state index is 13.4. The van der Waals surface area contributed by atoms with Crippen molar-refractivity contribution in [2.75, 3.05) is 13.2 Å². The van der Waals surface area contributed by atoms with Crippen molar-refractivity contribution in [1.29, 1.82) is 0 Å². The summed E-state index contributed by atoms with van der Waals surface area (Å²) in [6.07, 6.45) is 9.86. The first-order valence-electron chi connectivity index (χ1n) is 9.65. The molecule has 0 radical (unpaired) electrons.